The lowest BCUT2D eigenvalue weighted by atomic mass is 10.4. The zero-order valence-corrected chi connectivity index (χ0v) is 11.8. The zero-order valence-electron chi connectivity index (χ0n) is 11.8. The molecule has 0 aliphatic carbocycles. The summed E-state index contributed by atoms with van der Waals surface area (Å²) in [5.74, 6) is 0.714. The molecule has 0 fully saturated rings. The fourth-order valence-electron chi connectivity index (χ4n) is 1.39. The highest BCUT2D eigenvalue weighted by atomic mass is 16.6. The molecule has 122 valence electrons. The van der Waals surface area contributed by atoms with Crippen molar-refractivity contribution in [2.75, 3.05) is 5.73 Å². The third-order valence-corrected chi connectivity index (χ3v) is 2.51. The molecule has 0 aliphatic rings. The van der Waals surface area contributed by atoms with Crippen LogP contribution in [0.4, 0.5) is 17.2 Å². The lowest BCUT2D eigenvalue weighted by Crippen LogP contribution is -1.98. The molecule has 0 saturated heterocycles. The van der Waals surface area contributed by atoms with E-state index in [9.17, 15) is 20.2 Å². The van der Waals surface area contributed by atoms with E-state index in [1.165, 1.54) is 35.3 Å². The molecule has 0 bridgehead atoms. The predicted octanol–water partition coefficient (Wildman–Crippen LogP) is 0.537. The number of aromatic nitrogens is 6. The standard InChI is InChI=1S/C6H4N6O2.C5H5N3O2/c13-12(14)5-1-2-6(7-3-5)11-4-8-9-10-11;6-5-2-1-4(3-7-5)8(9)10/h1-4H;1-3H,(H2,6,7). The minimum Gasteiger partial charge on any atom is -0.384 e. The Kier molecular flexibility index (Phi) is 4.97. The average Bonchev–Trinajstić information content (AvgIpc) is 3.10. The SMILES string of the molecule is Nc1ccc([N+](=O)[O-])cn1.O=[N+]([O-])c1ccc(-n2cnnn2)nc1. The van der Waals surface area contributed by atoms with Crippen molar-refractivity contribution in [3.05, 3.63) is 63.2 Å². The molecule has 13 heteroatoms. The molecular weight excluding hydrogens is 322 g/mol. The Labute approximate surface area is 133 Å². The van der Waals surface area contributed by atoms with Gasteiger partial charge in [0.15, 0.2) is 5.82 Å². The van der Waals surface area contributed by atoms with E-state index >= 15 is 0 Å². The van der Waals surface area contributed by atoms with E-state index in [-0.39, 0.29) is 17.2 Å². The third kappa shape index (κ3) is 4.23. The lowest BCUT2D eigenvalue weighted by molar-refractivity contribution is -0.385. The van der Waals surface area contributed by atoms with E-state index < -0.39 is 9.85 Å². The first-order chi connectivity index (χ1) is 11.5. The number of nitro groups is 2. The molecule has 3 heterocycles. The maximum atomic E-state index is 10.3. The third-order valence-electron chi connectivity index (χ3n) is 2.51. The van der Waals surface area contributed by atoms with Gasteiger partial charge in [-0.1, -0.05) is 0 Å². The largest absolute Gasteiger partial charge is 0.384 e. The monoisotopic (exact) mass is 331 g/mol. The second kappa shape index (κ2) is 7.30. The van der Waals surface area contributed by atoms with Crippen LogP contribution in [0.3, 0.4) is 0 Å². The van der Waals surface area contributed by atoms with E-state index in [2.05, 4.69) is 25.5 Å². The molecule has 3 aromatic heterocycles. The lowest BCUT2D eigenvalue weighted by Gasteiger charge is -1.95. The van der Waals surface area contributed by atoms with Crippen LogP contribution in [0.1, 0.15) is 0 Å². The quantitative estimate of drug-likeness (QED) is 0.525. The minimum absolute atomic E-state index is 0.0470. The van der Waals surface area contributed by atoms with E-state index in [1.807, 2.05) is 0 Å². The van der Waals surface area contributed by atoms with Gasteiger partial charge < -0.3 is 5.73 Å². The van der Waals surface area contributed by atoms with Crippen molar-refractivity contribution >= 4 is 17.2 Å². The molecule has 0 saturated carbocycles. The van der Waals surface area contributed by atoms with Crippen LogP contribution in [-0.4, -0.2) is 40.0 Å². The molecule has 0 aliphatic heterocycles. The van der Waals surface area contributed by atoms with Gasteiger partial charge in [-0.15, -0.1) is 5.10 Å². The number of pyridine rings is 2. The Hall–Kier alpha value is -4.03. The molecule has 0 unspecified atom stereocenters. The molecular formula is C11H9N9O4. The number of nitrogens with two attached hydrogens (primary N) is 1. The van der Waals surface area contributed by atoms with Crippen LogP contribution >= 0.6 is 0 Å². The predicted molar refractivity (Wildman–Crippen MR) is 78.9 cm³/mol. The summed E-state index contributed by atoms with van der Waals surface area (Å²) in [4.78, 5) is 26.7. The van der Waals surface area contributed by atoms with Crippen LogP contribution in [-0.2, 0) is 0 Å². The van der Waals surface area contributed by atoms with Gasteiger partial charge in [0.05, 0.1) is 9.85 Å². The van der Waals surface area contributed by atoms with Crippen LogP contribution in [0, 0.1) is 20.2 Å². The minimum atomic E-state index is -0.521. The van der Waals surface area contributed by atoms with Gasteiger partial charge in [-0.3, -0.25) is 20.2 Å². The number of anilines is 1. The summed E-state index contributed by atoms with van der Waals surface area (Å²) in [5.41, 5.74) is 5.08. The summed E-state index contributed by atoms with van der Waals surface area (Å²) in [5, 5.41) is 30.8. The van der Waals surface area contributed by atoms with Gasteiger partial charge in [0.2, 0.25) is 0 Å². The van der Waals surface area contributed by atoms with Crippen molar-refractivity contribution in [1.82, 2.24) is 30.2 Å². The van der Waals surface area contributed by atoms with Crippen molar-refractivity contribution in [3.8, 4) is 5.82 Å². The molecule has 13 nitrogen and oxygen atoms in total. The van der Waals surface area contributed by atoms with Crippen LogP contribution < -0.4 is 5.73 Å². The Morgan fingerprint density at radius 2 is 1.58 bits per heavy atom. The van der Waals surface area contributed by atoms with Gasteiger partial charge in [0.1, 0.15) is 24.5 Å². The second-order valence-corrected chi connectivity index (χ2v) is 4.08. The zero-order chi connectivity index (χ0) is 17.5. The highest BCUT2D eigenvalue weighted by Crippen LogP contribution is 2.10. The summed E-state index contributed by atoms with van der Waals surface area (Å²) in [7, 11) is 0. The van der Waals surface area contributed by atoms with Crippen molar-refractivity contribution < 1.29 is 9.85 Å². The van der Waals surface area contributed by atoms with Gasteiger partial charge in [0, 0.05) is 12.1 Å². The van der Waals surface area contributed by atoms with Gasteiger partial charge in [-0.2, -0.15) is 4.68 Å². The Bertz CT molecular complexity index is 818. The summed E-state index contributed by atoms with van der Waals surface area (Å²) in [6, 6.07) is 5.50. The first-order valence-electron chi connectivity index (χ1n) is 6.17. The average molecular weight is 331 g/mol. The van der Waals surface area contributed by atoms with Gasteiger partial charge in [-0.25, -0.2) is 9.97 Å². The highest BCUT2D eigenvalue weighted by Gasteiger charge is 2.06. The molecule has 24 heavy (non-hydrogen) atoms. The summed E-state index contributed by atoms with van der Waals surface area (Å²) >= 11 is 0. The fourth-order valence-corrected chi connectivity index (χ4v) is 1.39. The smallest absolute Gasteiger partial charge is 0.287 e. The van der Waals surface area contributed by atoms with Crippen LogP contribution in [0.15, 0.2) is 43.0 Å². The molecule has 0 amide bonds. The van der Waals surface area contributed by atoms with Crippen LogP contribution in [0.5, 0.6) is 0 Å². The first-order valence-corrected chi connectivity index (χ1v) is 6.17. The summed E-state index contributed by atoms with van der Waals surface area (Å²) in [6.07, 6.45) is 3.63. The number of nitrogen functional groups attached to an aromatic ring is 1. The molecule has 2 N–H and O–H groups in total. The number of hydrogen-bond acceptors (Lipinski definition) is 10. The Morgan fingerprint density at radius 3 is 2.00 bits per heavy atom. The van der Waals surface area contributed by atoms with Crippen molar-refractivity contribution in [3.63, 3.8) is 0 Å². The van der Waals surface area contributed by atoms with Crippen LogP contribution in [0.2, 0.25) is 0 Å². The number of hydrogen-bond donors (Lipinski definition) is 1. The maximum absolute atomic E-state index is 10.3. The summed E-state index contributed by atoms with van der Waals surface area (Å²) in [6.45, 7) is 0. The van der Waals surface area contributed by atoms with E-state index in [1.54, 1.807) is 0 Å². The second-order valence-electron chi connectivity index (χ2n) is 4.08. The van der Waals surface area contributed by atoms with Crippen molar-refractivity contribution in [2.24, 2.45) is 0 Å². The van der Waals surface area contributed by atoms with Gasteiger partial charge in [0.25, 0.3) is 11.4 Å². The van der Waals surface area contributed by atoms with Crippen molar-refractivity contribution in [1.29, 1.82) is 0 Å². The van der Waals surface area contributed by atoms with Gasteiger partial charge in [-0.05, 0) is 22.6 Å². The molecule has 0 spiro atoms. The van der Waals surface area contributed by atoms with Gasteiger partial charge >= 0.3 is 0 Å². The molecule has 0 aromatic carbocycles. The summed E-state index contributed by atoms with van der Waals surface area (Å²) < 4.78 is 1.31. The normalized spacial score (nSPS) is 9.67. The van der Waals surface area contributed by atoms with Crippen molar-refractivity contribution in [2.45, 2.75) is 0 Å². The number of rotatable bonds is 3. The first kappa shape index (κ1) is 16.3. The molecule has 3 aromatic rings. The Balaban J connectivity index is 0.000000185. The maximum Gasteiger partial charge on any atom is 0.287 e. The van der Waals surface area contributed by atoms with E-state index in [0.717, 1.165) is 12.4 Å². The topological polar surface area (TPSA) is 182 Å². The molecule has 3 rings (SSSR count). The fraction of sp³-hybridized carbons (Fsp3) is 0. The number of nitrogens with zero attached hydrogens (tertiary/aromatic N) is 8. The van der Waals surface area contributed by atoms with Crippen LogP contribution in [0.25, 0.3) is 5.82 Å². The molecule has 0 radical (unpaired) electrons. The van der Waals surface area contributed by atoms with E-state index in [4.69, 9.17) is 5.73 Å². The molecule has 0 atom stereocenters. The Morgan fingerprint density at radius 1 is 0.958 bits per heavy atom. The highest BCUT2D eigenvalue weighted by molar-refractivity contribution is 5.35. The number of tetrazole rings is 1. The van der Waals surface area contributed by atoms with E-state index in [0.29, 0.717) is 5.82 Å².